The second-order valence-corrected chi connectivity index (χ2v) is 7.96. The highest BCUT2D eigenvalue weighted by Gasteiger charge is 2.18. The average molecular weight is 372 g/mol. The number of guanidine groups is 1. The number of hydrogen-bond acceptors (Lipinski definition) is 1. The molecule has 0 amide bonds. The van der Waals surface area contributed by atoms with Gasteiger partial charge in [-0.25, -0.2) is 0 Å². The molecule has 0 aliphatic heterocycles. The fourth-order valence-electron chi connectivity index (χ4n) is 4.10. The monoisotopic (exact) mass is 371 g/mol. The molecule has 4 heteroatoms. The van der Waals surface area contributed by atoms with E-state index in [4.69, 9.17) is 4.99 Å². The molecule has 0 aromatic heterocycles. The van der Waals surface area contributed by atoms with Gasteiger partial charge in [0.25, 0.3) is 0 Å². The van der Waals surface area contributed by atoms with Crippen LogP contribution in [0.3, 0.4) is 0 Å². The lowest BCUT2D eigenvalue weighted by atomic mass is 9.95. The SMILES string of the molecule is CCCCCCCCN=C(NC1CCCCC1)NC1CCCCC1.Cl. The zero-order chi connectivity index (χ0) is 16.9. The van der Waals surface area contributed by atoms with Gasteiger partial charge in [-0.05, 0) is 32.1 Å². The van der Waals surface area contributed by atoms with E-state index in [1.807, 2.05) is 0 Å². The Morgan fingerprint density at radius 1 is 0.720 bits per heavy atom. The lowest BCUT2D eigenvalue weighted by molar-refractivity contribution is 0.388. The van der Waals surface area contributed by atoms with Crippen LogP contribution in [-0.4, -0.2) is 24.6 Å². The molecule has 2 rings (SSSR count). The number of hydrogen-bond donors (Lipinski definition) is 2. The van der Waals surface area contributed by atoms with E-state index in [-0.39, 0.29) is 12.4 Å². The first kappa shape index (κ1) is 22.6. The third kappa shape index (κ3) is 10.3. The summed E-state index contributed by atoms with van der Waals surface area (Å²) < 4.78 is 0. The molecular weight excluding hydrogens is 330 g/mol. The maximum absolute atomic E-state index is 4.92. The van der Waals surface area contributed by atoms with Crippen LogP contribution < -0.4 is 10.6 Å². The second-order valence-electron chi connectivity index (χ2n) is 7.96. The first-order valence-corrected chi connectivity index (χ1v) is 11.0. The fraction of sp³-hybridized carbons (Fsp3) is 0.952. The Labute approximate surface area is 162 Å². The minimum Gasteiger partial charge on any atom is -0.354 e. The van der Waals surface area contributed by atoms with Gasteiger partial charge >= 0.3 is 0 Å². The van der Waals surface area contributed by atoms with E-state index in [1.165, 1.54) is 103 Å². The predicted octanol–water partition coefficient (Wildman–Crippen LogP) is 5.97. The summed E-state index contributed by atoms with van der Waals surface area (Å²) in [6, 6.07) is 1.30. The Bertz CT molecular complexity index is 312. The molecule has 0 aromatic carbocycles. The molecule has 0 atom stereocenters. The smallest absolute Gasteiger partial charge is 0.191 e. The first-order chi connectivity index (χ1) is 11.9. The quantitative estimate of drug-likeness (QED) is 0.297. The van der Waals surface area contributed by atoms with Gasteiger partial charge in [-0.3, -0.25) is 4.99 Å². The van der Waals surface area contributed by atoms with Crippen molar-refractivity contribution in [1.82, 2.24) is 10.6 Å². The summed E-state index contributed by atoms with van der Waals surface area (Å²) in [5, 5.41) is 7.51. The number of nitrogens with zero attached hydrogens (tertiary/aromatic N) is 1. The molecule has 148 valence electrons. The standard InChI is InChI=1S/C21H41N3.ClH/c1-2-3-4-5-6-13-18-22-21(23-19-14-9-7-10-15-19)24-20-16-11-8-12-17-20;/h19-20H,2-18H2,1H3,(H2,22,23,24);1H. The van der Waals surface area contributed by atoms with Crippen LogP contribution in [0.25, 0.3) is 0 Å². The van der Waals surface area contributed by atoms with Crippen LogP contribution >= 0.6 is 12.4 Å². The number of aliphatic imine (C=N–C) groups is 1. The van der Waals surface area contributed by atoms with Gasteiger partial charge in [-0.2, -0.15) is 0 Å². The van der Waals surface area contributed by atoms with Crippen molar-refractivity contribution in [1.29, 1.82) is 0 Å². The van der Waals surface area contributed by atoms with Gasteiger partial charge < -0.3 is 10.6 Å². The molecule has 2 aliphatic rings. The summed E-state index contributed by atoms with van der Waals surface area (Å²) >= 11 is 0. The van der Waals surface area contributed by atoms with E-state index in [0.29, 0.717) is 12.1 Å². The third-order valence-electron chi connectivity index (χ3n) is 5.67. The number of nitrogens with one attached hydrogen (secondary N) is 2. The number of halogens is 1. The van der Waals surface area contributed by atoms with Gasteiger partial charge in [0.05, 0.1) is 0 Å². The van der Waals surface area contributed by atoms with Crippen molar-refractivity contribution in [2.75, 3.05) is 6.54 Å². The molecule has 3 nitrogen and oxygen atoms in total. The molecule has 2 N–H and O–H groups in total. The van der Waals surface area contributed by atoms with Gasteiger partial charge in [0.1, 0.15) is 0 Å². The van der Waals surface area contributed by atoms with Crippen LogP contribution in [0.1, 0.15) is 110 Å². The predicted molar refractivity (Wildman–Crippen MR) is 113 cm³/mol. The number of unbranched alkanes of at least 4 members (excludes halogenated alkanes) is 5. The Kier molecular flexibility index (Phi) is 13.3. The van der Waals surface area contributed by atoms with Gasteiger partial charge in [0.15, 0.2) is 5.96 Å². The van der Waals surface area contributed by atoms with Gasteiger partial charge in [0.2, 0.25) is 0 Å². The highest BCUT2D eigenvalue weighted by atomic mass is 35.5. The van der Waals surface area contributed by atoms with Crippen LogP contribution in [0, 0.1) is 0 Å². The molecule has 2 aliphatic carbocycles. The molecule has 0 radical (unpaired) electrons. The lowest BCUT2D eigenvalue weighted by Crippen LogP contribution is -2.48. The van der Waals surface area contributed by atoms with E-state index in [1.54, 1.807) is 0 Å². The lowest BCUT2D eigenvalue weighted by Gasteiger charge is -2.29. The molecule has 0 unspecified atom stereocenters. The molecule has 0 aromatic rings. The summed E-state index contributed by atoms with van der Waals surface area (Å²) in [6.07, 6.45) is 21.7. The van der Waals surface area contributed by atoms with Crippen molar-refractivity contribution in [2.45, 2.75) is 122 Å². The summed E-state index contributed by atoms with van der Waals surface area (Å²) in [7, 11) is 0. The van der Waals surface area contributed by atoms with Crippen molar-refractivity contribution in [3.63, 3.8) is 0 Å². The van der Waals surface area contributed by atoms with Gasteiger partial charge in [0, 0.05) is 18.6 Å². The summed E-state index contributed by atoms with van der Waals surface area (Å²) in [5.41, 5.74) is 0. The molecule has 0 spiro atoms. The third-order valence-corrected chi connectivity index (χ3v) is 5.67. The molecular formula is C21H42ClN3. The maximum Gasteiger partial charge on any atom is 0.191 e. The fourth-order valence-corrected chi connectivity index (χ4v) is 4.10. The van der Waals surface area contributed by atoms with Crippen LogP contribution in [0.4, 0.5) is 0 Å². The molecule has 0 bridgehead atoms. The van der Waals surface area contributed by atoms with Crippen LogP contribution in [0.15, 0.2) is 4.99 Å². The van der Waals surface area contributed by atoms with Crippen LogP contribution in [0.2, 0.25) is 0 Å². The minimum atomic E-state index is 0. The average Bonchev–Trinajstić information content (AvgIpc) is 2.62. The summed E-state index contributed by atoms with van der Waals surface area (Å²) in [5.74, 6) is 1.11. The minimum absolute atomic E-state index is 0. The Balaban J connectivity index is 0.00000312. The molecule has 2 saturated carbocycles. The van der Waals surface area contributed by atoms with Gasteiger partial charge in [-0.15, -0.1) is 12.4 Å². The van der Waals surface area contributed by atoms with Crippen LogP contribution in [-0.2, 0) is 0 Å². The summed E-state index contributed by atoms with van der Waals surface area (Å²) in [6.45, 7) is 3.27. The topological polar surface area (TPSA) is 36.4 Å². The zero-order valence-electron chi connectivity index (χ0n) is 16.5. The van der Waals surface area contributed by atoms with Gasteiger partial charge in [-0.1, -0.05) is 77.6 Å². The van der Waals surface area contributed by atoms with E-state index in [0.717, 1.165) is 12.5 Å². The van der Waals surface area contributed by atoms with Crippen LogP contribution in [0.5, 0.6) is 0 Å². The van der Waals surface area contributed by atoms with E-state index in [2.05, 4.69) is 17.6 Å². The van der Waals surface area contributed by atoms with Crippen molar-refractivity contribution in [2.24, 2.45) is 4.99 Å². The van der Waals surface area contributed by atoms with E-state index in [9.17, 15) is 0 Å². The van der Waals surface area contributed by atoms with Crippen molar-refractivity contribution in [3.05, 3.63) is 0 Å². The molecule has 25 heavy (non-hydrogen) atoms. The molecule has 0 heterocycles. The second kappa shape index (κ2) is 14.7. The summed E-state index contributed by atoms with van der Waals surface area (Å²) in [4.78, 5) is 4.92. The highest BCUT2D eigenvalue weighted by Crippen LogP contribution is 2.19. The van der Waals surface area contributed by atoms with Crippen molar-refractivity contribution >= 4 is 18.4 Å². The van der Waals surface area contributed by atoms with E-state index < -0.39 is 0 Å². The Morgan fingerprint density at radius 3 is 1.72 bits per heavy atom. The molecule has 2 fully saturated rings. The molecule has 0 saturated heterocycles. The highest BCUT2D eigenvalue weighted by molar-refractivity contribution is 5.85. The number of rotatable bonds is 9. The Hall–Kier alpha value is -0.440. The maximum atomic E-state index is 4.92. The first-order valence-electron chi connectivity index (χ1n) is 11.0. The normalized spacial score (nSPS) is 19.1. The Morgan fingerprint density at radius 2 is 1.20 bits per heavy atom. The van der Waals surface area contributed by atoms with Crippen molar-refractivity contribution in [3.8, 4) is 0 Å². The van der Waals surface area contributed by atoms with Crippen molar-refractivity contribution < 1.29 is 0 Å². The largest absolute Gasteiger partial charge is 0.354 e. The zero-order valence-corrected chi connectivity index (χ0v) is 17.3. The van der Waals surface area contributed by atoms with E-state index >= 15 is 0 Å².